The second-order valence-electron chi connectivity index (χ2n) is 2.84. The number of benzene rings is 1. The molecule has 66 valence electrons. The Morgan fingerprint density at radius 1 is 1.46 bits per heavy atom. The molecule has 0 radical (unpaired) electrons. The normalized spacial score (nSPS) is 10.6. The number of aromatic nitrogens is 2. The van der Waals surface area contributed by atoms with E-state index in [9.17, 15) is 4.39 Å². The van der Waals surface area contributed by atoms with Crippen LogP contribution in [0, 0.1) is 11.2 Å². The molecule has 2 rings (SSSR count). The number of nitrogens with zero attached hydrogens (tertiary/aromatic N) is 2. The number of hydrogen-bond donors (Lipinski definition) is 1. The lowest BCUT2D eigenvalue weighted by Gasteiger charge is -2.02. The van der Waals surface area contributed by atoms with Crippen LogP contribution in [0.4, 0.5) is 4.39 Å². The minimum absolute atomic E-state index is 0.142. The van der Waals surface area contributed by atoms with Crippen molar-refractivity contribution in [2.75, 3.05) is 0 Å². The Morgan fingerprint density at radius 3 is 3.00 bits per heavy atom. The van der Waals surface area contributed by atoms with Gasteiger partial charge in [-0.1, -0.05) is 6.07 Å². The third-order valence-corrected chi connectivity index (χ3v) is 1.95. The van der Waals surface area contributed by atoms with Gasteiger partial charge in [-0.2, -0.15) is 0 Å². The Bertz CT molecular complexity index is 516. The van der Waals surface area contributed by atoms with Crippen LogP contribution in [0.1, 0.15) is 0 Å². The van der Waals surface area contributed by atoms with Crippen LogP contribution in [0.25, 0.3) is 10.9 Å². The number of rotatable bonds is 0. The summed E-state index contributed by atoms with van der Waals surface area (Å²) in [4.78, 5) is 4.01. The van der Waals surface area contributed by atoms with Crippen molar-refractivity contribution in [3.63, 3.8) is 0 Å². The van der Waals surface area contributed by atoms with Crippen LogP contribution in [-0.2, 0) is 7.05 Å². The molecule has 0 saturated heterocycles. The first-order valence-electron chi connectivity index (χ1n) is 3.84. The molecule has 0 aliphatic rings. The van der Waals surface area contributed by atoms with Gasteiger partial charge in [0.15, 0.2) is 0 Å². The van der Waals surface area contributed by atoms with Gasteiger partial charge in [-0.25, -0.2) is 9.37 Å². The van der Waals surface area contributed by atoms with E-state index in [0.29, 0.717) is 5.52 Å². The Balaban J connectivity index is 3.06. The molecule has 1 N–H and O–H groups in total. The number of hydrogen-bond acceptors (Lipinski definition) is 2. The van der Waals surface area contributed by atoms with E-state index in [1.807, 2.05) is 0 Å². The highest BCUT2D eigenvalue weighted by Crippen LogP contribution is 2.09. The average molecular weight is 177 g/mol. The molecular weight excluding hydrogens is 169 g/mol. The van der Waals surface area contributed by atoms with E-state index in [2.05, 4.69) is 4.98 Å². The highest BCUT2D eigenvalue weighted by molar-refractivity contribution is 5.77. The SMILES string of the molecule is Cn1cnc2cccc(F)c2c1=N. The topological polar surface area (TPSA) is 41.7 Å². The van der Waals surface area contributed by atoms with Gasteiger partial charge in [-0.15, -0.1) is 0 Å². The maximum atomic E-state index is 13.3. The Morgan fingerprint density at radius 2 is 2.23 bits per heavy atom. The molecule has 0 aliphatic carbocycles. The summed E-state index contributed by atoms with van der Waals surface area (Å²) in [6.45, 7) is 0. The molecule has 0 spiro atoms. The summed E-state index contributed by atoms with van der Waals surface area (Å²) < 4.78 is 14.7. The van der Waals surface area contributed by atoms with E-state index in [1.165, 1.54) is 17.0 Å². The van der Waals surface area contributed by atoms with Gasteiger partial charge < -0.3 is 4.57 Å². The van der Waals surface area contributed by atoms with Gasteiger partial charge in [-0.3, -0.25) is 5.41 Å². The molecule has 13 heavy (non-hydrogen) atoms. The molecule has 2 aromatic rings. The van der Waals surface area contributed by atoms with Gasteiger partial charge in [0.05, 0.1) is 17.2 Å². The molecule has 1 aromatic carbocycles. The minimum Gasteiger partial charge on any atom is -0.320 e. The zero-order valence-corrected chi connectivity index (χ0v) is 7.08. The highest BCUT2D eigenvalue weighted by atomic mass is 19.1. The predicted molar refractivity (Wildman–Crippen MR) is 46.5 cm³/mol. The summed E-state index contributed by atoms with van der Waals surface area (Å²) in [7, 11) is 1.67. The molecule has 1 heterocycles. The second kappa shape index (κ2) is 2.65. The summed E-state index contributed by atoms with van der Waals surface area (Å²) in [6, 6.07) is 4.61. The van der Waals surface area contributed by atoms with Crippen LogP contribution in [0.3, 0.4) is 0 Å². The number of fused-ring (bicyclic) bond motifs is 1. The van der Waals surface area contributed by atoms with Gasteiger partial charge in [0, 0.05) is 7.05 Å². The largest absolute Gasteiger partial charge is 0.320 e. The fourth-order valence-corrected chi connectivity index (χ4v) is 1.24. The average Bonchev–Trinajstić information content (AvgIpc) is 2.12. The summed E-state index contributed by atoms with van der Waals surface area (Å²) in [6.07, 6.45) is 1.50. The molecular formula is C9H8FN3. The van der Waals surface area contributed by atoms with Crippen molar-refractivity contribution in [1.29, 1.82) is 5.41 Å². The Kier molecular flexibility index (Phi) is 1.62. The lowest BCUT2D eigenvalue weighted by atomic mass is 10.2. The summed E-state index contributed by atoms with van der Waals surface area (Å²) >= 11 is 0. The van der Waals surface area contributed by atoms with E-state index >= 15 is 0 Å². The zero-order chi connectivity index (χ0) is 9.42. The molecule has 0 atom stereocenters. The maximum Gasteiger partial charge on any atom is 0.138 e. The third kappa shape index (κ3) is 1.11. The van der Waals surface area contributed by atoms with Crippen molar-refractivity contribution in [1.82, 2.24) is 9.55 Å². The van der Waals surface area contributed by atoms with E-state index in [-0.39, 0.29) is 10.9 Å². The van der Waals surface area contributed by atoms with Gasteiger partial charge in [0.25, 0.3) is 0 Å². The summed E-state index contributed by atoms with van der Waals surface area (Å²) in [5, 5.41) is 7.88. The molecule has 0 bridgehead atoms. The number of nitrogens with one attached hydrogen (secondary N) is 1. The molecule has 0 unspecified atom stereocenters. The maximum absolute atomic E-state index is 13.3. The first-order valence-corrected chi connectivity index (χ1v) is 3.84. The van der Waals surface area contributed by atoms with Crippen LogP contribution in [0.15, 0.2) is 24.5 Å². The lowest BCUT2D eigenvalue weighted by molar-refractivity contribution is 0.634. The third-order valence-electron chi connectivity index (χ3n) is 1.95. The zero-order valence-electron chi connectivity index (χ0n) is 7.08. The van der Waals surface area contributed by atoms with Crippen LogP contribution in [0.5, 0.6) is 0 Å². The van der Waals surface area contributed by atoms with E-state index in [0.717, 1.165) is 0 Å². The summed E-state index contributed by atoms with van der Waals surface area (Å²) in [5.74, 6) is -0.397. The first-order chi connectivity index (χ1) is 6.20. The van der Waals surface area contributed by atoms with Crippen molar-refractivity contribution < 1.29 is 4.39 Å². The molecule has 4 heteroatoms. The Hall–Kier alpha value is -1.71. The highest BCUT2D eigenvalue weighted by Gasteiger charge is 2.03. The van der Waals surface area contributed by atoms with Gasteiger partial charge in [0.1, 0.15) is 11.3 Å². The fourth-order valence-electron chi connectivity index (χ4n) is 1.24. The Labute approximate surface area is 74.0 Å². The number of aryl methyl sites for hydroxylation is 1. The van der Waals surface area contributed by atoms with Crippen molar-refractivity contribution in [3.8, 4) is 0 Å². The molecule has 0 saturated carbocycles. The van der Waals surface area contributed by atoms with Crippen molar-refractivity contribution in [2.45, 2.75) is 0 Å². The monoisotopic (exact) mass is 177 g/mol. The fraction of sp³-hybridized carbons (Fsp3) is 0.111. The van der Waals surface area contributed by atoms with Crippen LogP contribution < -0.4 is 5.49 Å². The summed E-state index contributed by atoms with van der Waals surface area (Å²) in [5.41, 5.74) is 0.659. The van der Waals surface area contributed by atoms with Crippen molar-refractivity contribution in [2.24, 2.45) is 7.05 Å². The molecule has 0 amide bonds. The second-order valence-corrected chi connectivity index (χ2v) is 2.84. The predicted octanol–water partition coefficient (Wildman–Crippen LogP) is 1.19. The van der Waals surface area contributed by atoms with E-state index in [1.54, 1.807) is 19.2 Å². The van der Waals surface area contributed by atoms with E-state index < -0.39 is 5.82 Å². The van der Waals surface area contributed by atoms with Crippen molar-refractivity contribution in [3.05, 3.63) is 35.8 Å². The quantitative estimate of drug-likeness (QED) is 0.645. The first kappa shape index (κ1) is 7.91. The molecule has 3 nitrogen and oxygen atoms in total. The smallest absolute Gasteiger partial charge is 0.138 e. The minimum atomic E-state index is -0.397. The van der Waals surface area contributed by atoms with Gasteiger partial charge in [0.2, 0.25) is 0 Å². The van der Waals surface area contributed by atoms with E-state index in [4.69, 9.17) is 5.41 Å². The van der Waals surface area contributed by atoms with Crippen LogP contribution >= 0.6 is 0 Å². The van der Waals surface area contributed by atoms with Gasteiger partial charge in [-0.05, 0) is 12.1 Å². The van der Waals surface area contributed by atoms with Crippen molar-refractivity contribution >= 4 is 10.9 Å². The van der Waals surface area contributed by atoms with Crippen LogP contribution in [-0.4, -0.2) is 9.55 Å². The molecule has 1 aromatic heterocycles. The lowest BCUT2D eigenvalue weighted by Crippen LogP contribution is -2.18. The molecule has 0 aliphatic heterocycles. The standard InChI is InChI=1S/C9H8FN3/c1-13-5-12-7-4-2-3-6(10)8(7)9(13)11/h2-5,11H,1H3. The molecule has 0 fully saturated rings. The van der Waals surface area contributed by atoms with Gasteiger partial charge >= 0.3 is 0 Å². The van der Waals surface area contributed by atoms with Crippen LogP contribution in [0.2, 0.25) is 0 Å². The number of halogens is 1.